The van der Waals surface area contributed by atoms with Crippen LogP contribution >= 0.6 is 0 Å². The molecule has 2 rings (SSSR count). The van der Waals surface area contributed by atoms with Crippen LogP contribution in [0.2, 0.25) is 0 Å². The molecule has 0 aliphatic heterocycles. The van der Waals surface area contributed by atoms with Crippen LogP contribution in [-0.2, 0) is 4.79 Å². The number of aldehydes is 1. The smallest absolute Gasteiger partial charge is 0.258 e. The minimum Gasteiger partial charge on any atom is -0.490 e. The molecule has 0 radical (unpaired) electrons. The van der Waals surface area contributed by atoms with E-state index in [1.54, 1.807) is 18.2 Å². The molecule has 1 saturated carbocycles. The van der Waals surface area contributed by atoms with Gasteiger partial charge in [-0.2, -0.15) is 0 Å². The fraction of sp³-hybridized carbons (Fsp3) is 0.500. The Hall–Kier alpha value is -2.04. The van der Waals surface area contributed by atoms with Gasteiger partial charge in [0, 0.05) is 11.6 Å². The van der Waals surface area contributed by atoms with Gasteiger partial charge in [-0.05, 0) is 50.8 Å². The van der Waals surface area contributed by atoms with E-state index < -0.39 is 0 Å². The van der Waals surface area contributed by atoms with Crippen LogP contribution in [0.4, 0.5) is 0 Å². The van der Waals surface area contributed by atoms with Gasteiger partial charge in [-0.3, -0.25) is 9.59 Å². The predicted octanol–water partition coefficient (Wildman–Crippen LogP) is 2.19. The molecule has 1 atom stereocenters. The SMILES string of the molecule is CCOc1cc(C=O)ccc1OCC(=O)N[C@H](C)C1CC1. The molecule has 0 bridgehead atoms. The highest BCUT2D eigenvalue weighted by Gasteiger charge is 2.28. The summed E-state index contributed by atoms with van der Waals surface area (Å²) in [5.74, 6) is 1.41. The Bertz CT molecular complexity index is 511. The summed E-state index contributed by atoms with van der Waals surface area (Å²) in [5.41, 5.74) is 0.512. The second-order valence-corrected chi connectivity index (χ2v) is 5.24. The van der Waals surface area contributed by atoms with Crippen LogP contribution < -0.4 is 14.8 Å². The third-order valence-corrected chi connectivity index (χ3v) is 3.48. The molecule has 114 valence electrons. The van der Waals surface area contributed by atoms with Crippen LogP contribution in [0.5, 0.6) is 11.5 Å². The molecule has 1 aromatic carbocycles. The number of rotatable bonds is 8. The lowest BCUT2D eigenvalue weighted by molar-refractivity contribution is -0.123. The van der Waals surface area contributed by atoms with Crippen molar-refractivity contribution < 1.29 is 19.1 Å². The molecule has 5 nitrogen and oxygen atoms in total. The van der Waals surface area contributed by atoms with E-state index in [4.69, 9.17) is 9.47 Å². The van der Waals surface area contributed by atoms with Gasteiger partial charge in [-0.25, -0.2) is 0 Å². The maximum atomic E-state index is 11.8. The molecule has 0 saturated heterocycles. The maximum Gasteiger partial charge on any atom is 0.258 e. The monoisotopic (exact) mass is 291 g/mol. The Morgan fingerprint density at radius 3 is 2.76 bits per heavy atom. The molecule has 5 heteroatoms. The number of carbonyl (C=O) groups excluding carboxylic acids is 2. The van der Waals surface area contributed by atoms with Gasteiger partial charge in [0.15, 0.2) is 18.1 Å². The fourth-order valence-electron chi connectivity index (χ4n) is 2.14. The van der Waals surface area contributed by atoms with Crippen LogP contribution in [-0.4, -0.2) is 31.4 Å². The lowest BCUT2D eigenvalue weighted by Gasteiger charge is -2.15. The highest BCUT2D eigenvalue weighted by molar-refractivity contribution is 5.78. The van der Waals surface area contributed by atoms with E-state index in [1.165, 1.54) is 12.8 Å². The van der Waals surface area contributed by atoms with Crippen LogP contribution in [0.3, 0.4) is 0 Å². The van der Waals surface area contributed by atoms with Crippen LogP contribution in [0.25, 0.3) is 0 Å². The van der Waals surface area contributed by atoms with Gasteiger partial charge < -0.3 is 14.8 Å². The second-order valence-electron chi connectivity index (χ2n) is 5.24. The van der Waals surface area contributed by atoms with E-state index in [-0.39, 0.29) is 18.6 Å². The second kappa shape index (κ2) is 7.11. The number of carbonyl (C=O) groups is 2. The van der Waals surface area contributed by atoms with Gasteiger partial charge in [0.2, 0.25) is 0 Å². The highest BCUT2D eigenvalue weighted by atomic mass is 16.5. The first-order valence-electron chi connectivity index (χ1n) is 7.28. The molecule has 1 aromatic rings. The van der Waals surface area contributed by atoms with Crippen molar-refractivity contribution in [2.75, 3.05) is 13.2 Å². The highest BCUT2D eigenvalue weighted by Crippen LogP contribution is 2.32. The standard InChI is InChI=1S/C16H21NO4/c1-3-20-15-8-12(9-18)4-7-14(15)21-10-16(19)17-11(2)13-5-6-13/h4,7-9,11,13H,3,5-6,10H2,1-2H3,(H,17,19)/t11-/m1/s1. The first-order chi connectivity index (χ1) is 10.1. The quantitative estimate of drug-likeness (QED) is 0.746. The van der Waals surface area contributed by atoms with Gasteiger partial charge in [0.05, 0.1) is 6.61 Å². The molecule has 0 heterocycles. The van der Waals surface area contributed by atoms with Crippen molar-refractivity contribution in [1.82, 2.24) is 5.32 Å². The average Bonchev–Trinajstić information content (AvgIpc) is 3.30. The van der Waals surface area contributed by atoms with Crippen molar-refractivity contribution in [2.24, 2.45) is 5.92 Å². The molecule has 0 aromatic heterocycles. The molecule has 0 spiro atoms. The zero-order valence-electron chi connectivity index (χ0n) is 12.4. The minimum absolute atomic E-state index is 0.0580. The van der Waals surface area contributed by atoms with E-state index in [0.29, 0.717) is 29.6 Å². The third-order valence-electron chi connectivity index (χ3n) is 3.48. The fourth-order valence-corrected chi connectivity index (χ4v) is 2.14. The number of amides is 1. The molecule has 1 aliphatic carbocycles. The normalized spacial score (nSPS) is 15.1. The summed E-state index contributed by atoms with van der Waals surface area (Å²) in [6, 6.07) is 5.09. The molecule has 1 aliphatic rings. The number of ether oxygens (including phenoxy) is 2. The van der Waals surface area contributed by atoms with E-state index in [9.17, 15) is 9.59 Å². The molecular formula is C16H21NO4. The summed E-state index contributed by atoms with van der Waals surface area (Å²) >= 11 is 0. The van der Waals surface area contributed by atoms with Crippen molar-refractivity contribution in [3.05, 3.63) is 23.8 Å². The van der Waals surface area contributed by atoms with Crippen molar-refractivity contribution >= 4 is 12.2 Å². The van der Waals surface area contributed by atoms with E-state index in [2.05, 4.69) is 5.32 Å². The molecule has 1 amide bonds. The Morgan fingerprint density at radius 1 is 1.38 bits per heavy atom. The van der Waals surface area contributed by atoms with Crippen LogP contribution in [0, 0.1) is 5.92 Å². The van der Waals surface area contributed by atoms with Crippen molar-refractivity contribution in [2.45, 2.75) is 32.7 Å². The lowest BCUT2D eigenvalue weighted by atomic mass is 10.2. The van der Waals surface area contributed by atoms with Crippen molar-refractivity contribution in [3.8, 4) is 11.5 Å². The Morgan fingerprint density at radius 2 is 2.14 bits per heavy atom. The van der Waals surface area contributed by atoms with Crippen molar-refractivity contribution in [3.63, 3.8) is 0 Å². The van der Waals surface area contributed by atoms with Gasteiger partial charge >= 0.3 is 0 Å². The zero-order valence-corrected chi connectivity index (χ0v) is 12.4. The molecule has 1 fully saturated rings. The molecule has 1 N–H and O–H groups in total. The van der Waals surface area contributed by atoms with Gasteiger partial charge in [-0.15, -0.1) is 0 Å². The third kappa shape index (κ3) is 4.48. The summed E-state index contributed by atoms with van der Waals surface area (Å²) in [5, 5.41) is 2.93. The average molecular weight is 291 g/mol. The zero-order chi connectivity index (χ0) is 15.2. The van der Waals surface area contributed by atoms with Crippen LogP contribution in [0.15, 0.2) is 18.2 Å². The van der Waals surface area contributed by atoms with E-state index in [1.807, 2.05) is 13.8 Å². The van der Waals surface area contributed by atoms with E-state index in [0.717, 1.165) is 6.29 Å². The predicted molar refractivity (Wildman–Crippen MR) is 78.8 cm³/mol. The largest absolute Gasteiger partial charge is 0.490 e. The molecular weight excluding hydrogens is 270 g/mol. The van der Waals surface area contributed by atoms with E-state index >= 15 is 0 Å². The number of nitrogens with one attached hydrogen (secondary N) is 1. The van der Waals surface area contributed by atoms with Gasteiger partial charge in [0.1, 0.15) is 6.29 Å². The number of hydrogen-bond acceptors (Lipinski definition) is 4. The first-order valence-corrected chi connectivity index (χ1v) is 7.28. The summed E-state index contributed by atoms with van der Waals surface area (Å²) in [7, 11) is 0. The van der Waals surface area contributed by atoms with Crippen LogP contribution in [0.1, 0.15) is 37.0 Å². The molecule has 21 heavy (non-hydrogen) atoms. The minimum atomic E-state index is -0.142. The molecule has 0 unspecified atom stereocenters. The number of hydrogen-bond donors (Lipinski definition) is 1. The Kier molecular flexibility index (Phi) is 5.20. The Balaban J connectivity index is 1.91. The van der Waals surface area contributed by atoms with Crippen molar-refractivity contribution in [1.29, 1.82) is 0 Å². The van der Waals surface area contributed by atoms with Gasteiger partial charge in [0.25, 0.3) is 5.91 Å². The summed E-state index contributed by atoms with van der Waals surface area (Å²) in [4.78, 5) is 22.6. The summed E-state index contributed by atoms with van der Waals surface area (Å²) < 4.78 is 10.9. The summed E-state index contributed by atoms with van der Waals surface area (Å²) in [6.07, 6.45) is 3.12. The Labute approximate surface area is 124 Å². The lowest BCUT2D eigenvalue weighted by Crippen LogP contribution is -2.37. The topological polar surface area (TPSA) is 64.6 Å². The summed E-state index contributed by atoms with van der Waals surface area (Å²) in [6.45, 7) is 4.27. The number of benzene rings is 1. The first kappa shape index (κ1) is 15.4. The van der Waals surface area contributed by atoms with Gasteiger partial charge in [-0.1, -0.05) is 0 Å². The maximum absolute atomic E-state index is 11.8.